The lowest BCUT2D eigenvalue weighted by molar-refractivity contribution is 0.101. The fourth-order valence-electron chi connectivity index (χ4n) is 2.85. The number of benzene rings is 2. The molecule has 1 aliphatic carbocycles. The van der Waals surface area contributed by atoms with E-state index in [0.29, 0.717) is 17.3 Å². The first kappa shape index (κ1) is 17.4. The van der Waals surface area contributed by atoms with Gasteiger partial charge in [0.15, 0.2) is 0 Å². The Hall–Kier alpha value is -2.97. The van der Waals surface area contributed by atoms with E-state index in [1.807, 2.05) is 30.3 Å². The molecule has 1 heterocycles. The van der Waals surface area contributed by atoms with Gasteiger partial charge in [0, 0.05) is 11.6 Å². The molecule has 1 fully saturated rings. The van der Waals surface area contributed by atoms with Gasteiger partial charge in [-0.2, -0.15) is 5.10 Å². The second kappa shape index (κ2) is 6.64. The number of aromatic nitrogens is 2. The van der Waals surface area contributed by atoms with Crippen molar-refractivity contribution in [2.75, 3.05) is 5.32 Å². The van der Waals surface area contributed by atoms with Crippen LogP contribution in [0.5, 0.6) is 0 Å². The second-order valence-corrected chi connectivity index (χ2v) is 8.06. The van der Waals surface area contributed by atoms with Gasteiger partial charge >= 0.3 is 0 Å². The van der Waals surface area contributed by atoms with Crippen LogP contribution in [0.2, 0.25) is 0 Å². The third-order valence-electron chi connectivity index (χ3n) is 4.38. The first-order chi connectivity index (χ1) is 12.9. The van der Waals surface area contributed by atoms with E-state index in [2.05, 4.69) is 10.4 Å². The molecule has 138 valence electrons. The van der Waals surface area contributed by atoms with Crippen molar-refractivity contribution < 1.29 is 13.2 Å². The molecule has 2 aromatic carbocycles. The van der Waals surface area contributed by atoms with Crippen molar-refractivity contribution in [2.45, 2.75) is 23.7 Å². The molecule has 1 aromatic heterocycles. The molecular weight excluding hydrogens is 364 g/mol. The van der Waals surface area contributed by atoms with E-state index in [9.17, 15) is 13.2 Å². The van der Waals surface area contributed by atoms with Gasteiger partial charge in [-0.05, 0) is 49.2 Å². The van der Waals surface area contributed by atoms with E-state index in [4.69, 9.17) is 5.14 Å². The number of rotatable bonds is 5. The number of sulfonamides is 1. The Bertz CT molecular complexity index is 1100. The van der Waals surface area contributed by atoms with E-state index in [-0.39, 0.29) is 10.8 Å². The molecule has 0 bridgehead atoms. The van der Waals surface area contributed by atoms with Crippen LogP contribution in [0.3, 0.4) is 0 Å². The monoisotopic (exact) mass is 382 g/mol. The van der Waals surface area contributed by atoms with Gasteiger partial charge < -0.3 is 5.32 Å². The first-order valence-electron chi connectivity index (χ1n) is 8.51. The van der Waals surface area contributed by atoms with Crippen LogP contribution in [0.15, 0.2) is 65.6 Å². The lowest BCUT2D eigenvalue weighted by Crippen LogP contribution is -2.18. The number of amides is 1. The summed E-state index contributed by atoms with van der Waals surface area (Å²) in [6.45, 7) is 0. The average Bonchev–Trinajstić information content (AvgIpc) is 3.40. The molecule has 0 unspecified atom stereocenters. The summed E-state index contributed by atoms with van der Waals surface area (Å²) < 4.78 is 24.6. The molecule has 3 N–H and O–H groups in total. The predicted octanol–water partition coefficient (Wildman–Crippen LogP) is 2.65. The fourth-order valence-corrected chi connectivity index (χ4v) is 3.41. The van der Waals surface area contributed by atoms with E-state index in [1.54, 1.807) is 16.8 Å². The maximum absolute atomic E-state index is 12.9. The topological polar surface area (TPSA) is 107 Å². The summed E-state index contributed by atoms with van der Waals surface area (Å²) in [7, 11) is -3.84. The maximum atomic E-state index is 12.9. The number of carbonyl (C=O) groups is 1. The van der Waals surface area contributed by atoms with Crippen molar-refractivity contribution in [3.8, 4) is 5.69 Å². The van der Waals surface area contributed by atoms with Crippen LogP contribution in [0.1, 0.15) is 34.9 Å². The van der Waals surface area contributed by atoms with Crippen molar-refractivity contribution in [3.63, 3.8) is 0 Å². The maximum Gasteiger partial charge on any atom is 0.274 e. The fraction of sp³-hybridized carbons (Fsp3) is 0.158. The molecule has 7 nitrogen and oxygen atoms in total. The van der Waals surface area contributed by atoms with Gasteiger partial charge in [-0.15, -0.1) is 0 Å². The number of para-hydroxylation sites is 1. The zero-order chi connectivity index (χ0) is 19.0. The Balaban J connectivity index is 1.68. The van der Waals surface area contributed by atoms with E-state index < -0.39 is 10.0 Å². The summed E-state index contributed by atoms with van der Waals surface area (Å²) in [6.07, 6.45) is 2.15. The van der Waals surface area contributed by atoms with Gasteiger partial charge in [0.25, 0.3) is 5.91 Å². The Labute approximate surface area is 156 Å². The Kier molecular flexibility index (Phi) is 4.29. The van der Waals surface area contributed by atoms with E-state index >= 15 is 0 Å². The number of nitrogens with zero attached hydrogens (tertiary/aromatic N) is 2. The van der Waals surface area contributed by atoms with Gasteiger partial charge in [-0.3, -0.25) is 4.79 Å². The number of anilines is 1. The molecule has 0 spiro atoms. The number of carbonyl (C=O) groups excluding carboxylic acids is 1. The highest BCUT2D eigenvalue weighted by Crippen LogP contribution is 2.39. The van der Waals surface area contributed by atoms with E-state index in [0.717, 1.165) is 24.2 Å². The second-order valence-electron chi connectivity index (χ2n) is 6.50. The van der Waals surface area contributed by atoms with Crippen molar-refractivity contribution in [1.82, 2.24) is 9.78 Å². The zero-order valence-corrected chi connectivity index (χ0v) is 15.2. The molecule has 0 saturated heterocycles. The minimum atomic E-state index is -3.84. The van der Waals surface area contributed by atoms with Gasteiger partial charge in [-0.25, -0.2) is 18.2 Å². The van der Waals surface area contributed by atoms with Gasteiger partial charge in [-0.1, -0.05) is 24.3 Å². The molecule has 3 aromatic rings. The standard InChI is InChI=1S/C19H18N4O3S/c20-27(25,26)16-8-4-5-14(11-16)21-19(24)18-12-17(13-9-10-13)22-23(18)15-6-2-1-3-7-15/h1-8,11-13H,9-10H2,(H,21,24)(H2,20,25,26). The molecule has 27 heavy (non-hydrogen) atoms. The molecular formula is C19H18N4O3S. The lowest BCUT2D eigenvalue weighted by Gasteiger charge is -2.09. The third-order valence-corrected chi connectivity index (χ3v) is 5.29. The number of primary sulfonamides is 1. The minimum Gasteiger partial charge on any atom is -0.321 e. The molecule has 0 aliphatic heterocycles. The van der Waals surface area contributed by atoms with Crippen LogP contribution in [0, 0.1) is 0 Å². The molecule has 1 aliphatic rings. The average molecular weight is 382 g/mol. The van der Waals surface area contributed by atoms with Crippen molar-refractivity contribution in [1.29, 1.82) is 0 Å². The van der Waals surface area contributed by atoms with Crippen molar-refractivity contribution in [2.24, 2.45) is 5.14 Å². The largest absolute Gasteiger partial charge is 0.321 e. The van der Waals surface area contributed by atoms with Gasteiger partial charge in [0.1, 0.15) is 5.69 Å². The Morgan fingerprint density at radius 2 is 1.81 bits per heavy atom. The summed E-state index contributed by atoms with van der Waals surface area (Å²) in [4.78, 5) is 12.8. The van der Waals surface area contributed by atoms with Crippen LogP contribution in [0.25, 0.3) is 5.69 Å². The SMILES string of the molecule is NS(=O)(=O)c1cccc(NC(=O)c2cc(C3CC3)nn2-c2ccccc2)c1. The normalized spacial score (nSPS) is 14.1. The quantitative estimate of drug-likeness (QED) is 0.707. The highest BCUT2D eigenvalue weighted by atomic mass is 32.2. The van der Waals surface area contributed by atoms with Crippen LogP contribution < -0.4 is 10.5 Å². The number of hydrogen-bond donors (Lipinski definition) is 2. The summed E-state index contributed by atoms with van der Waals surface area (Å²) in [5.41, 5.74) is 2.42. The smallest absolute Gasteiger partial charge is 0.274 e. The Morgan fingerprint density at radius 3 is 2.48 bits per heavy atom. The number of hydrogen-bond acceptors (Lipinski definition) is 4. The molecule has 0 atom stereocenters. The van der Waals surface area contributed by atoms with Crippen molar-refractivity contribution in [3.05, 3.63) is 72.1 Å². The summed E-state index contributed by atoms with van der Waals surface area (Å²) in [6, 6.07) is 17.1. The van der Waals surface area contributed by atoms with Crippen LogP contribution in [0.4, 0.5) is 5.69 Å². The summed E-state index contributed by atoms with van der Waals surface area (Å²) in [5, 5.41) is 12.5. The molecule has 0 radical (unpaired) electrons. The third kappa shape index (κ3) is 3.76. The predicted molar refractivity (Wildman–Crippen MR) is 101 cm³/mol. The molecule has 1 saturated carbocycles. The van der Waals surface area contributed by atoms with Crippen LogP contribution >= 0.6 is 0 Å². The highest BCUT2D eigenvalue weighted by molar-refractivity contribution is 7.89. The first-order valence-corrected chi connectivity index (χ1v) is 10.1. The highest BCUT2D eigenvalue weighted by Gasteiger charge is 2.29. The van der Waals surface area contributed by atoms with Gasteiger partial charge in [0.05, 0.1) is 16.3 Å². The van der Waals surface area contributed by atoms with E-state index in [1.165, 1.54) is 18.2 Å². The van der Waals surface area contributed by atoms with Crippen LogP contribution in [-0.4, -0.2) is 24.1 Å². The lowest BCUT2D eigenvalue weighted by atomic mass is 10.2. The molecule has 4 rings (SSSR count). The summed E-state index contributed by atoms with van der Waals surface area (Å²) >= 11 is 0. The summed E-state index contributed by atoms with van der Waals surface area (Å²) in [5.74, 6) is 0.0250. The Morgan fingerprint density at radius 1 is 1.07 bits per heavy atom. The van der Waals surface area contributed by atoms with Crippen molar-refractivity contribution >= 4 is 21.6 Å². The molecule has 1 amide bonds. The number of nitrogens with two attached hydrogens (primary N) is 1. The minimum absolute atomic E-state index is 0.0597. The van der Waals surface area contributed by atoms with Gasteiger partial charge in [0.2, 0.25) is 10.0 Å². The van der Waals surface area contributed by atoms with Crippen LogP contribution in [-0.2, 0) is 10.0 Å². The zero-order valence-electron chi connectivity index (χ0n) is 14.4. The number of nitrogens with one attached hydrogen (secondary N) is 1. The molecule has 8 heteroatoms.